The average Bonchev–Trinajstić information content (AvgIpc) is 2.54. The van der Waals surface area contributed by atoms with Crippen molar-refractivity contribution in [1.29, 1.82) is 0 Å². The van der Waals surface area contributed by atoms with E-state index in [0.717, 1.165) is 6.42 Å². The number of benzene rings is 1. The van der Waals surface area contributed by atoms with E-state index in [2.05, 4.69) is 16.9 Å². The molecule has 6 heteroatoms. The van der Waals surface area contributed by atoms with Gasteiger partial charge in [0.05, 0.1) is 5.69 Å². The Kier molecular flexibility index (Phi) is 6.15. The molecular formula is C18H22F2N2OS. The lowest BCUT2D eigenvalue weighted by molar-refractivity contribution is 0.530. The number of aromatic amines is 1. The van der Waals surface area contributed by atoms with E-state index >= 15 is 0 Å². The summed E-state index contributed by atoms with van der Waals surface area (Å²) in [5, 5.41) is 0.777. The highest BCUT2D eigenvalue weighted by Gasteiger charge is 2.25. The van der Waals surface area contributed by atoms with Gasteiger partial charge in [0.15, 0.2) is 5.16 Å². The van der Waals surface area contributed by atoms with Crippen LogP contribution in [0.3, 0.4) is 0 Å². The predicted molar refractivity (Wildman–Crippen MR) is 93.7 cm³/mol. The van der Waals surface area contributed by atoms with E-state index in [1.807, 2.05) is 13.8 Å². The topological polar surface area (TPSA) is 45.8 Å². The molecule has 2 atom stereocenters. The average molecular weight is 352 g/mol. The van der Waals surface area contributed by atoms with Crippen molar-refractivity contribution in [2.24, 2.45) is 0 Å². The SMILES string of the molecule is CCC(C)Sc1nc([C@@H](CC)c2c(F)cccc2F)c(C)c(=O)[nH]1. The van der Waals surface area contributed by atoms with Gasteiger partial charge < -0.3 is 4.98 Å². The van der Waals surface area contributed by atoms with Crippen LogP contribution in [0.25, 0.3) is 0 Å². The Labute approximate surface area is 144 Å². The van der Waals surface area contributed by atoms with Gasteiger partial charge in [0, 0.05) is 22.3 Å². The molecule has 0 amide bonds. The third-order valence-electron chi connectivity index (χ3n) is 4.14. The zero-order valence-electron chi connectivity index (χ0n) is 14.3. The van der Waals surface area contributed by atoms with Gasteiger partial charge in [-0.3, -0.25) is 4.79 Å². The molecule has 3 nitrogen and oxygen atoms in total. The fourth-order valence-corrected chi connectivity index (χ4v) is 3.43. The molecule has 0 aliphatic rings. The molecule has 1 aromatic carbocycles. The van der Waals surface area contributed by atoms with E-state index in [4.69, 9.17) is 0 Å². The zero-order chi connectivity index (χ0) is 17.9. The summed E-state index contributed by atoms with van der Waals surface area (Å²) in [7, 11) is 0. The molecule has 2 aromatic rings. The molecule has 0 spiro atoms. The van der Waals surface area contributed by atoms with Gasteiger partial charge in [0.2, 0.25) is 0 Å². The third-order valence-corrected chi connectivity index (χ3v) is 5.29. The van der Waals surface area contributed by atoms with Gasteiger partial charge in [-0.15, -0.1) is 0 Å². The van der Waals surface area contributed by atoms with Gasteiger partial charge in [-0.2, -0.15) is 0 Å². The summed E-state index contributed by atoms with van der Waals surface area (Å²) in [6.07, 6.45) is 1.37. The first-order valence-electron chi connectivity index (χ1n) is 8.10. The quantitative estimate of drug-likeness (QED) is 0.601. The highest BCUT2D eigenvalue weighted by atomic mass is 32.2. The molecule has 0 aliphatic carbocycles. The van der Waals surface area contributed by atoms with Crippen LogP contribution in [-0.2, 0) is 0 Å². The molecule has 130 valence electrons. The van der Waals surface area contributed by atoms with Gasteiger partial charge in [0.25, 0.3) is 5.56 Å². The first-order chi connectivity index (χ1) is 11.4. The minimum absolute atomic E-state index is 0.0271. The van der Waals surface area contributed by atoms with Crippen molar-refractivity contribution < 1.29 is 8.78 Å². The van der Waals surface area contributed by atoms with Gasteiger partial charge >= 0.3 is 0 Å². The van der Waals surface area contributed by atoms with Crippen molar-refractivity contribution in [3.63, 3.8) is 0 Å². The molecule has 1 N–H and O–H groups in total. The standard InChI is InChI=1S/C18H22F2N2OS/c1-5-10(3)24-18-21-16(11(4)17(23)22-18)12(6-2)15-13(19)8-7-9-14(15)20/h7-10,12H,5-6H2,1-4H3,(H,21,22,23)/t10?,12-/m0/s1. The van der Waals surface area contributed by atoms with Crippen molar-refractivity contribution >= 4 is 11.8 Å². The van der Waals surface area contributed by atoms with Crippen molar-refractivity contribution in [3.8, 4) is 0 Å². The van der Waals surface area contributed by atoms with Crippen LogP contribution in [0.5, 0.6) is 0 Å². The van der Waals surface area contributed by atoms with Crippen LogP contribution in [0.4, 0.5) is 8.78 Å². The Morgan fingerprint density at radius 2 is 1.83 bits per heavy atom. The number of hydrogen-bond donors (Lipinski definition) is 1. The summed E-state index contributed by atoms with van der Waals surface area (Å²) >= 11 is 1.46. The number of aromatic nitrogens is 2. The molecule has 0 aliphatic heterocycles. The first kappa shape index (κ1) is 18.6. The number of rotatable bonds is 6. The van der Waals surface area contributed by atoms with Crippen LogP contribution in [0, 0.1) is 18.6 Å². The molecule has 0 fully saturated rings. The predicted octanol–water partition coefficient (Wildman–Crippen LogP) is 4.79. The van der Waals surface area contributed by atoms with Crippen molar-refractivity contribution in [3.05, 3.63) is 57.0 Å². The lowest BCUT2D eigenvalue weighted by Gasteiger charge is -2.19. The summed E-state index contributed by atoms with van der Waals surface area (Å²) < 4.78 is 28.4. The maximum absolute atomic E-state index is 14.2. The largest absolute Gasteiger partial charge is 0.301 e. The molecule has 0 saturated heterocycles. The number of nitrogens with one attached hydrogen (secondary N) is 1. The number of halogens is 2. The van der Waals surface area contributed by atoms with Crippen molar-refractivity contribution in [2.75, 3.05) is 0 Å². The molecule has 0 radical (unpaired) electrons. The highest BCUT2D eigenvalue weighted by Crippen LogP contribution is 2.32. The summed E-state index contributed by atoms with van der Waals surface area (Å²) in [6, 6.07) is 3.81. The van der Waals surface area contributed by atoms with Crippen molar-refractivity contribution in [1.82, 2.24) is 9.97 Å². The van der Waals surface area contributed by atoms with Crippen LogP contribution >= 0.6 is 11.8 Å². The second-order valence-corrected chi connectivity index (χ2v) is 7.24. The molecule has 1 heterocycles. The van der Waals surface area contributed by atoms with Gasteiger partial charge in [-0.25, -0.2) is 13.8 Å². The van der Waals surface area contributed by atoms with Crippen LogP contribution < -0.4 is 5.56 Å². The van der Waals surface area contributed by atoms with Crippen LogP contribution in [0.2, 0.25) is 0 Å². The van der Waals surface area contributed by atoms with Crippen LogP contribution in [-0.4, -0.2) is 15.2 Å². The number of thioether (sulfide) groups is 1. The lowest BCUT2D eigenvalue weighted by atomic mass is 9.90. The van der Waals surface area contributed by atoms with Gasteiger partial charge in [-0.05, 0) is 31.9 Å². The van der Waals surface area contributed by atoms with Crippen molar-refractivity contribution in [2.45, 2.75) is 56.9 Å². The lowest BCUT2D eigenvalue weighted by Crippen LogP contribution is -2.20. The molecule has 0 bridgehead atoms. The Balaban J connectivity index is 2.58. The van der Waals surface area contributed by atoms with Gasteiger partial charge in [-0.1, -0.05) is 38.6 Å². The monoisotopic (exact) mass is 352 g/mol. The van der Waals surface area contributed by atoms with E-state index in [1.165, 1.54) is 30.0 Å². The second kappa shape index (κ2) is 7.92. The van der Waals surface area contributed by atoms with Crippen LogP contribution in [0.1, 0.15) is 56.4 Å². The molecule has 1 unspecified atom stereocenters. The van der Waals surface area contributed by atoms with Crippen LogP contribution in [0.15, 0.2) is 28.2 Å². The molecule has 0 saturated carbocycles. The minimum Gasteiger partial charge on any atom is -0.301 e. The fourth-order valence-electron chi connectivity index (χ4n) is 2.58. The maximum Gasteiger partial charge on any atom is 0.254 e. The first-order valence-corrected chi connectivity index (χ1v) is 8.98. The third kappa shape index (κ3) is 3.86. The molecule has 24 heavy (non-hydrogen) atoms. The Morgan fingerprint density at radius 1 is 1.21 bits per heavy atom. The normalized spacial score (nSPS) is 13.8. The molecular weight excluding hydrogens is 330 g/mol. The van der Waals surface area contributed by atoms with E-state index in [1.54, 1.807) is 6.92 Å². The molecule has 1 aromatic heterocycles. The number of hydrogen-bond acceptors (Lipinski definition) is 3. The van der Waals surface area contributed by atoms with E-state index in [-0.39, 0.29) is 16.4 Å². The number of nitrogens with zero attached hydrogens (tertiary/aromatic N) is 1. The van der Waals surface area contributed by atoms with E-state index in [9.17, 15) is 13.6 Å². The van der Waals surface area contributed by atoms with Gasteiger partial charge in [0.1, 0.15) is 11.6 Å². The van der Waals surface area contributed by atoms with E-state index in [0.29, 0.717) is 22.8 Å². The number of H-pyrrole nitrogens is 1. The minimum atomic E-state index is -0.612. The Hall–Kier alpha value is -1.69. The molecule has 2 rings (SSSR count). The summed E-state index contributed by atoms with van der Waals surface area (Å²) in [6.45, 7) is 7.56. The summed E-state index contributed by atoms with van der Waals surface area (Å²) in [5.41, 5.74) is 0.552. The zero-order valence-corrected chi connectivity index (χ0v) is 15.1. The summed E-state index contributed by atoms with van der Waals surface area (Å²) in [5.74, 6) is -1.82. The second-order valence-electron chi connectivity index (χ2n) is 5.81. The Morgan fingerprint density at radius 3 is 2.38 bits per heavy atom. The smallest absolute Gasteiger partial charge is 0.254 e. The fraction of sp³-hybridized carbons (Fsp3) is 0.444. The summed E-state index contributed by atoms with van der Waals surface area (Å²) in [4.78, 5) is 19.5. The Bertz CT molecular complexity index is 756. The maximum atomic E-state index is 14.2. The highest BCUT2D eigenvalue weighted by molar-refractivity contribution is 7.99. The van der Waals surface area contributed by atoms with E-state index < -0.39 is 17.6 Å².